The first kappa shape index (κ1) is 19.1. The Balaban J connectivity index is 1.39. The van der Waals surface area contributed by atoms with Crippen molar-refractivity contribution in [2.24, 2.45) is 24.8 Å². The van der Waals surface area contributed by atoms with Crippen LogP contribution in [-0.4, -0.2) is 25.2 Å². The Labute approximate surface area is 176 Å². The summed E-state index contributed by atoms with van der Waals surface area (Å²) in [7, 11) is 1.94. The maximum atomic E-state index is 13.5. The number of aromatic nitrogens is 5. The van der Waals surface area contributed by atoms with Crippen molar-refractivity contribution in [3.05, 3.63) is 66.0 Å². The van der Waals surface area contributed by atoms with E-state index in [-0.39, 0.29) is 5.82 Å². The molecule has 0 radical (unpaired) electrons. The van der Waals surface area contributed by atoms with Crippen LogP contribution in [0.1, 0.15) is 49.5 Å². The zero-order chi connectivity index (χ0) is 20.5. The van der Waals surface area contributed by atoms with Gasteiger partial charge < -0.3 is 0 Å². The number of tetrazole rings is 1. The fraction of sp³-hybridized carbons (Fsp3) is 0.417. The van der Waals surface area contributed by atoms with Crippen molar-refractivity contribution in [2.75, 3.05) is 0 Å². The van der Waals surface area contributed by atoms with Gasteiger partial charge in [-0.3, -0.25) is 4.98 Å². The van der Waals surface area contributed by atoms with E-state index in [2.05, 4.69) is 32.7 Å². The molecule has 2 aliphatic rings. The lowest BCUT2D eigenvalue weighted by Crippen LogP contribution is -2.19. The number of fused-ring (bicyclic) bond motifs is 1. The van der Waals surface area contributed by atoms with Gasteiger partial charge >= 0.3 is 0 Å². The molecule has 0 unspecified atom stereocenters. The highest BCUT2D eigenvalue weighted by Crippen LogP contribution is 2.53. The first-order chi connectivity index (χ1) is 14.7. The number of benzene rings is 1. The first-order valence-electron chi connectivity index (χ1n) is 10.8. The summed E-state index contributed by atoms with van der Waals surface area (Å²) in [5.74, 6) is 3.02. The lowest BCUT2D eigenvalue weighted by molar-refractivity contribution is 0.249. The van der Waals surface area contributed by atoms with E-state index < -0.39 is 0 Å². The van der Waals surface area contributed by atoms with E-state index in [1.54, 1.807) is 6.07 Å². The molecule has 0 spiro atoms. The molecule has 6 heteroatoms. The monoisotopic (exact) mass is 403 g/mol. The average molecular weight is 404 g/mol. The molecule has 154 valence electrons. The second kappa shape index (κ2) is 8.09. The Hall–Kier alpha value is -2.89. The summed E-state index contributed by atoms with van der Waals surface area (Å²) in [6.07, 6.45) is 12.7. The van der Waals surface area contributed by atoms with Crippen LogP contribution < -0.4 is 0 Å². The minimum atomic E-state index is -0.232. The zero-order valence-electron chi connectivity index (χ0n) is 17.2. The van der Waals surface area contributed by atoms with Crippen LogP contribution in [0.25, 0.3) is 17.2 Å². The number of aryl methyl sites for hydroxylation is 1. The third kappa shape index (κ3) is 3.66. The summed E-state index contributed by atoms with van der Waals surface area (Å²) in [4.78, 5) is 4.60. The molecular weight excluding hydrogens is 377 g/mol. The highest BCUT2D eigenvalue weighted by Gasteiger charge is 2.45. The minimum Gasteiger partial charge on any atom is -0.256 e. The summed E-state index contributed by atoms with van der Waals surface area (Å²) in [6, 6.07) is 10.6. The van der Waals surface area contributed by atoms with Crippen LogP contribution in [0.4, 0.5) is 4.39 Å². The van der Waals surface area contributed by atoms with E-state index in [1.165, 1.54) is 44.2 Å². The van der Waals surface area contributed by atoms with Crippen molar-refractivity contribution in [1.82, 2.24) is 25.2 Å². The fourth-order valence-corrected chi connectivity index (χ4v) is 5.47. The van der Waals surface area contributed by atoms with Crippen LogP contribution in [0.15, 0.2) is 48.7 Å². The molecule has 3 aromatic rings. The van der Waals surface area contributed by atoms with Crippen LogP contribution in [0.5, 0.6) is 0 Å². The third-order valence-electron chi connectivity index (χ3n) is 6.90. The molecule has 2 aromatic heterocycles. The second-order valence-corrected chi connectivity index (χ2v) is 8.63. The topological polar surface area (TPSA) is 56.5 Å². The predicted molar refractivity (Wildman–Crippen MR) is 114 cm³/mol. The maximum absolute atomic E-state index is 13.5. The highest BCUT2D eigenvalue weighted by atomic mass is 19.1. The van der Waals surface area contributed by atoms with Crippen LogP contribution in [-0.2, 0) is 7.05 Å². The van der Waals surface area contributed by atoms with E-state index in [0.717, 1.165) is 28.6 Å². The number of nitrogens with zero attached hydrogens (tertiary/aromatic N) is 5. The highest BCUT2D eigenvalue weighted by molar-refractivity contribution is 5.63. The number of allylic oxidation sites excluding steroid dienone is 1. The van der Waals surface area contributed by atoms with E-state index in [0.29, 0.717) is 17.8 Å². The second-order valence-electron chi connectivity index (χ2n) is 8.63. The zero-order valence-corrected chi connectivity index (χ0v) is 17.2. The van der Waals surface area contributed by atoms with E-state index in [1.807, 2.05) is 36.1 Å². The van der Waals surface area contributed by atoms with Crippen molar-refractivity contribution in [3.8, 4) is 11.1 Å². The quantitative estimate of drug-likeness (QED) is 0.613. The molecule has 0 amide bonds. The number of rotatable bonds is 4. The Kier molecular flexibility index (Phi) is 5.15. The third-order valence-corrected chi connectivity index (χ3v) is 6.90. The molecule has 0 bridgehead atoms. The first-order valence-corrected chi connectivity index (χ1v) is 10.8. The summed E-state index contributed by atoms with van der Waals surface area (Å²) in [6.45, 7) is 0. The molecule has 5 rings (SSSR count). The SMILES string of the molecule is Cn1nnnc1[C@H]1C[C@H]2CCCC[C@@H]2[C@@H]1C=Cc1ccc(-c2cccc(F)c2)cn1. The van der Waals surface area contributed by atoms with Gasteiger partial charge in [0.25, 0.3) is 0 Å². The fourth-order valence-electron chi connectivity index (χ4n) is 5.47. The lowest BCUT2D eigenvalue weighted by atomic mass is 9.77. The molecule has 2 heterocycles. The van der Waals surface area contributed by atoms with Crippen LogP contribution in [0.3, 0.4) is 0 Å². The molecule has 2 saturated carbocycles. The van der Waals surface area contributed by atoms with E-state index >= 15 is 0 Å². The van der Waals surface area contributed by atoms with Crippen molar-refractivity contribution in [3.63, 3.8) is 0 Å². The van der Waals surface area contributed by atoms with Crippen LogP contribution in [0.2, 0.25) is 0 Å². The average Bonchev–Trinajstić information content (AvgIpc) is 3.35. The molecule has 0 aliphatic heterocycles. The predicted octanol–water partition coefficient (Wildman–Crippen LogP) is 5.03. The van der Waals surface area contributed by atoms with Crippen LogP contribution >= 0.6 is 0 Å². The van der Waals surface area contributed by atoms with Crippen LogP contribution in [0, 0.1) is 23.6 Å². The van der Waals surface area contributed by atoms with Gasteiger partial charge in [-0.2, -0.15) is 0 Å². The van der Waals surface area contributed by atoms with Crippen molar-refractivity contribution >= 4 is 6.08 Å². The smallest absolute Gasteiger partial charge is 0.154 e. The number of halogens is 1. The Morgan fingerprint density at radius 2 is 2.00 bits per heavy atom. The Morgan fingerprint density at radius 1 is 1.10 bits per heavy atom. The van der Waals surface area contributed by atoms with Gasteiger partial charge in [-0.1, -0.05) is 43.5 Å². The summed E-state index contributed by atoms with van der Waals surface area (Å²) in [5, 5.41) is 12.3. The lowest BCUT2D eigenvalue weighted by Gasteiger charge is -2.28. The number of pyridine rings is 1. The molecule has 4 atom stereocenters. The Morgan fingerprint density at radius 3 is 2.77 bits per heavy atom. The van der Waals surface area contributed by atoms with Gasteiger partial charge in [0.15, 0.2) is 5.82 Å². The molecular formula is C24H26FN5. The van der Waals surface area contributed by atoms with Crippen molar-refractivity contribution in [2.45, 2.75) is 38.0 Å². The minimum absolute atomic E-state index is 0.232. The molecule has 0 saturated heterocycles. The summed E-state index contributed by atoms with van der Waals surface area (Å²) in [5.41, 5.74) is 2.68. The van der Waals surface area contributed by atoms with Gasteiger partial charge in [0, 0.05) is 24.7 Å². The molecule has 5 nitrogen and oxygen atoms in total. The standard InChI is InChI=1S/C24H26FN5/c1-30-24(27-28-29-30)23-14-17-5-2-3-8-21(17)22(23)12-11-20-10-9-18(15-26-20)16-6-4-7-19(25)13-16/h4,6-7,9-13,15,17,21-23H,2-3,5,8,14H2,1H3/t17-,21+,22+,23+/m1/s1. The van der Waals surface area contributed by atoms with E-state index in [9.17, 15) is 4.39 Å². The van der Waals surface area contributed by atoms with Crippen molar-refractivity contribution in [1.29, 1.82) is 0 Å². The van der Waals surface area contributed by atoms with Gasteiger partial charge in [-0.25, -0.2) is 9.07 Å². The summed E-state index contributed by atoms with van der Waals surface area (Å²) >= 11 is 0. The molecule has 2 aliphatic carbocycles. The van der Waals surface area contributed by atoms with E-state index in [4.69, 9.17) is 0 Å². The Bertz CT molecular complexity index is 1040. The maximum Gasteiger partial charge on any atom is 0.154 e. The van der Waals surface area contributed by atoms with Gasteiger partial charge in [-0.05, 0) is 70.9 Å². The largest absolute Gasteiger partial charge is 0.256 e. The number of hydrogen-bond acceptors (Lipinski definition) is 4. The molecule has 2 fully saturated rings. The van der Waals surface area contributed by atoms with Crippen molar-refractivity contribution < 1.29 is 4.39 Å². The molecule has 1 aromatic carbocycles. The van der Waals surface area contributed by atoms with Gasteiger partial charge in [0.05, 0.1) is 5.69 Å². The molecule has 30 heavy (non-hydrogen) atoms. The number of hydrogen-bond donors (Lipinski definition) is 0. The van der Waals surface area contributed by atoms with Gasteiger partial charge in [0.2, 0.25) is 0 Å². The van der Waals surface area contributed by atoms with Gasteiger partial charge in [0.1, 0.15) is 5.82 Å². The normalized spacial score (nSPS) is 26.2. The van der Waals surface area contributed by atoms with Gasteiger partial charge in [-0.15, -0.1) is 5.10 Å². The molecule has 0 N–H and O–H groups in total. The summed E-state index contributed by atoms with van der Waals surface area (Å²) < 4.78 is 15.3.